The van der Waals surface area contributed by atoms with Gasteiger partial charge in [-0.3, -0.25) is 4.90 Å². The summed E-state index contributed by atoms with van der Waals surface area (Å²) in [6.07, 6.45) is 0. The van der Waals surface area contributed by atoms with Crippen LogP contribution in [0.3, 0.4) is 0 Å². The third-order valence-corrected chi connectivity index (χ3v) is 2.83. The lowest BCUT2D eigenvalue weighted by atomic mass is 10.1. The van der Waals surface area contributed by atoms with Crippen molar-refractivity contribution in [3.8, 4) is 5.75 Å². The van der Waals surface area contributed by atoms with Crippen LogP contribution >= 0.6 is 12.6 Å². The van der Waals surface area contributed by atoms with E-state index in [0.29, 0.717) is 5.25 Å². The van der Waals surface area contributed by atoms with Crippen molar-refractivity contribution >= 4 is 12.6 Å². The van der Waals surface area contributed by atoms with E-state index in [1.54, 1.807) is 7.11 Å². The molecule has 0 unspecified atom stereocenters. The highest BCUT2D eigenvalue weighted by molar-refractivity contribution is 7.81. The van der Waals surface area contributed by atoms with Crippen LogP contribution in [0.15, 0.2) is 24.3 Å². The van der Waals surface area contributed by atoms with Crippen LogP contribution in [0.25, 0.3) is 0 Å². The molecule has 3 heteroatoms. The Kier molecular flexibility index (Phi) is 2.99. The van der Waals surface area contributed by atoms with Gasteiger partial charge in [-0.15, -0.1) is 0 Å². The molecule has 1 aromatic carbocycles. The number of ether oxygens (including phenoxy) is 1. The van der Waals surface area contributed by atoms with Crippen LogP contribution in [0.2, 0.25) is 0 Å². The Morgan fingerprint density at radius 2 is 2.00 bits per heavy atom. The fourth-order valence-corrected chi connectivity index (χ4v) is 2.12. The lowest BCUT2D eigenvalue weighted by molar-refractivity contribution is 0.182. The predicted octanol–water partition coefficient (Wildman–Crippen LogP) is 1.81. The van der Waals surface area contributed by atoms with Gasteiger partial charge in [0.1, 0.15) is 5.75 Å². The minimum Gasteiger partial charge on any atom is -0.497 e. The molecule has 1 aliphatic rings. The van der Waals surface area contributed by atoms with E-state index in [1.165, 1.54) is 5.56 Å². The fraction of sp³-hybridized carbons (Fsp3) is 0.455. The van der Waals surface area contributed by atoms with Gasteiger partial charge in [-0.05, 0) is 17.7 Å². The molecule has 0 saturated carbocycles. The third-order valence-electron chi connectivity index (χ3n) is 2.50. The summed E-state index contributed by atoms with van der Waals surface area (Å²) in [7, 11) is 1.69. The number of nitrogens with zero attached hydrogens (tertiary/aromatic N) is 1. The summed E-state index contributed by atoms with van der Waals surface area (Å²) in [6.45, 7) is 3.24. The summed E-state index contributed by atoms with van der Waals surface area (Å²) in [5, 5.41) is 0.577. The zero-order valence-corrected chi connectivity index (χ0v) is 9.21. The van der Waals surface area contributed by atoms with Crippen molar-refractivity contribution < 1.29 is 4.74 Å². The van der Waals surface area contributed by atoms with E-state index in [0.717, 1.165) is 25.4 Å². The number of hydrogen-bond acceptors (Lipinski definition) is 3. The molecule has 0 bridgehead atoms. The number of methoxy groups -OCH3 is 1. The van der Waals surface area contributed by atoms with Crippen molar-refractivity contribution in [1.29, 1.82) is 0 Å². The fourth-order valence-electron chi connectivity index (χ4n) is 1.66. The topological polar surface area (TPSA) is 12.5 Å². The second-order valence-electron chi connectivity index (χ2n) is 3.70. The first-order valence-corrected chi connectivity index (χ1v) is 5.33. The minimum absolute atomic E-state index is 0.577. The average molecular weight is 209 g/mol. The van der Waals surface area contributed by atoms with Crippen molar-refractivity contribution in [2.24, 2.45) is 0 Å². The van der Waals surface area contributed by atoms with E-state index >= 15 is 0 Å². The Labute approximate surface area is 90.3 Å². The monoisotopic (exact) mass is 209 g/mol. The summed E-state index contributed by atoms with van der Waals surface area (Å²) >= 11 is 4.38. The molecule has 1 aromatic rings. The van der Waals surface area contributed by atoms with Crippen LogP contribution in [0.5, 0.6) is 5.75 Å². The maximum Gasteiger partial charge on any atom is 0.118 e. The summed E-state index contributed by atoms with van der Waals surface area (Å²) < 4.78 is 5.11. The highest BCUT2D eigenvalue weighted by atomic mass is 32.1. The quantitative estimate of drug-likeness (QED) is 0.762. The zero-order chi connectivity index (χ0) is 9.97. The second kappa shape index (κ2) is 4.24. The second-order valence-corrected chi connectivity index (χ2v) is 4.43. The number of rotatable bonds is 3. The Bertz CT molecular complexity index is 293. The normalized spacial score (nSPS) is 17.9. The molecule has 0 atom stereocenters. The standard InChI is InChI=1S/C11H15NOS/c1-13-10-4-2-9(3-5-10)6-12-7-11(14)8-12/h2-5,11,14H,6-8H2,1H3. The molecule has 14 heavy (non-hydrogen) atoms. The van der Waals surface area contributed by atoms with Crippen molar-refractivity contribution in [3.63, 3.8) is 0 Å². The first-order chi connectivity index (χ1) is 6.78. The summed E-state index contributed by atoms with van der Waals surface area (Å²) in [6, 6.07) is 8.25. The van der Waals surface area contributed by atoms with Gasteiger partial charge in [0.2, 0.25) is 0 Å². The van der Waals surface area contributed by atoms with Gasteiger partial charge in [0.25, 0.3) is 0 Å². The average Bonchev–Trinajstić information content (AvgIpc) is 2.17. The number of likely N-dealkylation sites (tertiary alicyclic amines) is 1. The van der Waals surface area contributed by atoms with E-state index < -0.39 is 0 Å². The highest BCUT2D eigenvalue weighted by Gasteiger charge is 2.22. The van der Waals surface area contributed by atoms with Crippen molar-refractivity contribution in [3.05, 3.63) is 29.8 Å². The largest absolute Gasteiger partial charge is 0.497 e. The van der Waals surface area contributed by atoms with Gasteiger partial charge < -0.3 is 4.74 Å². The number of hydrogen-bond donors (Lipinski definition) is 1. The van der Waals surface area contributed by atoms with Crippen molar-refractivity contribution in [1.82, 2.24) is 4.90 Å². The molecular weight excluding hydrogens is 194 g/mol. The van der Waals surface area contributed by atoms with E-state index in [4.69, 9.17) is 4.74 Å². The molecule has 0 radical (unpaired) electrons. The van der Waals surface area contributed by atoms with E-state index in [1.807, 2.05) is 12.1 Å². The van der Waals surface area contributed by atoms with E-state index in [2.05, 4.69) is 29.7 Å². The maximum absolute atomic E-state index is 5.11. The van der Waals surface area contributed by atoms with Crippen LogP contribution < -0.4 is 4.74 Å². The van der Waals surface area contributed by atoms with Crippen LogP contribution in [0, 0.1) is 0 Å². The van der Waals surface area contributed by atoms with Gasteiger partial charge in [-0.25, -0.2) is 0 Å². The summed E-state index contributed by atoms with van der Waals surface area (Å²) in [5.74, 6) is 0.921. The molecular formula is C11H15NOS. The van der Waals surface area contributed by atoms with Gasteiger partial charge in [-0.2, -0.15) is 12.6 Å². The third kappa shape index (κ3) is 2.22. The molecule has 1 heterocycles. The number of thiol groups is 1. The molecule has 2 nitrogen and oxygen atoms in total. The first kappa shape index (κ1) is 9.87. The highest BCUT2D eigenvalue weighted by Crippen LogP contribution is 2.18. The lowest BCUT2D eigenvalue weighted by Crippen LogP contribution is -2.46. The predicted molar refractivity (Wildman–Crippen MR) is 61.0 cm³/mol. The molecule has 0 amide bonds. The van der Waals surface area contributed by atoms with E-state index in [-0.39, 0.29) is 0 Å². The van der Waals surface area contributed by atoms with Crippen LogP contribution in [-0.4, -0.2) is 30.3 Å². The van der Waals surface area contributed by atoms with Gasteiger partial charge in [0.05, 0.1) is 7.11 Å². The summed E-state index contributed by atoms with van der Waals surface area (Å²) in [5.41, 5.74) is 1.34. The minimum atomic E-state index is 0.577. The molecule has 1 aliphatic heterocycles. The molecule has 0 N–H and O–H groups in total. The molecule has 1 saturated heterocycles. The molecule has 0 aromatic heterocycles. The summed E-state index contributed by atoms with van der Waals surface area (Å²) in [4.78, 5) is 2.39. The SMILES string of the molecule is COc1ccc(CN2CC(S)C2)cc1. The number of benzene rings is 1. The Balaban J connectivity index is 1.90. The van der Waals surface area contributed by atoms with Crippen molar-refractivity contribution in [2.45, 2.75) is 11.8 Å². The van der Waals surface area contributed by atoms with Crippen molar-refractivity contribution in [2.75, 3.05) is 20.2 Å². The molecule has 76 valence electrons. The zero-order valence-electron chi connectivity index (χ0n) is 8.31. The lowest BCUT2D eigenvalue weighted by Gasteiger charge is -2.36. The smallest absolute Gasteiger partial charge is 0.118 e. The Morgan fingerprint density at radius 1 is 1.36 bits per heavy atom. The maximum atomic E-state index is 5.11. The molecule has 0 spiro atoms. The van der Waals surface area contributed by atoms with Gasteiger partial charge >= 0.3 is 0 Å². The van der Waals surface area contributed by atoms with E-state index in [9.17, 15) is 0 Å². The van der Waals surface area contributed by atoms with Gasteiger partial charge in [0.15, 0.2) is 0 Å². The van der Waals surface area contributed by atoms with Crippen LogP contribution in [0.1, 0.15) is 5.56 Å². The van der Waals surface area contributed by atoms with Gasteiger partial charge in [-0.1, -0.05) is 12.1 Å². The Morgan fingerprint density at radius 3 is 2.50 bits per heavy atom. The van der Waals surface area contributed by atoms with Crippen LogP contribution in [0.4, 0.5) is 0 Å². The van der Waals surface area contributed by atoms with Gasteiger partial charge in [0, 0.05) is 24.9 Å². The molecule has 2 rings (SSSR count). The molecule has 1 fully saturated rings. The Hall–Kier alpha value is -0.670. The molecule has 0 aliphatic carbocycles. The first-order valence-electron chi connectivity index (χ1n) is 4.81. The van der Waals surface area contributed by atoms with Crippen LogP contribution in [-0.2, 0) is 6.54 Å².